The van der Waals surface area contributed by atoms with Crippen molar-refractivity contribution in [2.45, 2.75) is 18.9 Å². The van der Waals surface area contributed by atoms with E-state index in [1.54, 1.807) is 25.4 Å². The molecule has 8 heteroatoms. The number of anilines is 1. The number of hydrogen-bond donors (Lipinski definition) is 2. The van der Waals surface area contributed by atoms with Crippen LogP contribution in [0.2, 0.25) is 5.02 Å². The van der Waals surface area contributed by atoms with Crippen molar-refractivity contribution < 1.29 is 19.4 Å². The molecule has 2 aromatic carbocycles. The number of likely N-dealkylation sites (N-methyl/N-ethyl adjacent to an activating group) is 1. The van der Waals surface area contributed by atoms with E-state index in [2.05, 4.69) is 10.3 Å². The normalized spacial score (nSPS) is 11.7. The van der Waals surface area contributed by atoms with Crippen LogP contribution in [-0.4, -0.2) is 53.3 Å². The number of fused-ring (bicyclic) bond motifs is 1. The van der Waals surface area contributed by atoms with E-state index in [-0.39, 0.29) is 25.5 Å². The lowest BCUT2D eigenvalue weighted by Gasteiger charge is -2.26. The van der Waals surface area contributed by atoms with Gasteiger partial charge in [0.25, 0.3) is 0 Å². The Hall–Kier alpha value is -3.16. The van der Waals surface area contributed by atoms with Crippen LogP contribution < -0.4 is 5.32 Å². The van der Waals surface area contributed by atoms with Crippen LogP contribution in [0, 0.1) is 0 Å². The number of carbonyl (C=O) groups excluding carboxylic acids is 2. The van der Waals surface area contributed by atoms with E-state index in [0.717, 1.165) is 16.3 Å². The Morgan fingerprint density at radius 1 is 1.16 bits per heavy atom. The molecule has 0 radical (unpaired) electrons. The molecule has 0 saturated carbocycles. The molecule has 3 rings (SSSR count). The van der Waals surface area contributed by atoms with Gasteiger partial charge in [0.1, 0.15) is 12.4 Å². The summed E-state index contributed by atoms with van der Waals surface area (Å²) in [5.41, 5.74) is 0.880. The molecule has 0 aliphatic rings. The minimum Gasteiger partial charge on any atom is -0.447 e. The highest BCUT2D eigenvalue weighted by Crippen LogP contribution is 2.18. The zero-order chi connectivity index (χ0) is 22.2. The summed E-state index contributed by atoms with van der Waals surface area (Å²) in [5.74, 6) is 0.174. The quantitative estimate of drug-likeness (QED) is 0.553. The number of benzene rings is 2. The zero-order valence-electron chi connectivity index (χ0n) is 17.1. The van der Waals surface area contributed by atoms with Gasteiger partial charge < -0.3 is 14.7 Å². The fourth-order valence-electron chi connectivity index (χ4n) is 3.07. The fourth-order valence-corrected chi connectivity index (χ4v) is 3.30. The number of halogens is 1. The third-order valence-corrected chi connectivity index (χ3v) is 5.35. The summed E-state index contributed by atoms with van der Waals surface area (Å²) in [4.78, 5) is 30.2. The van der Waals surface area contributed by atoms with Gasteiger partial charge in [-0.15, -0.1) is 0 Å². The third-order valence-electron chi connectivity index (χ3n) is 4.99. The minimum absolute atomic E-state index is 0.149. The van der Waals surface area contributed by atoms with E-state index in [0.29, 0.717) is 17.3 Å². The van der Waals surface area contributed by atoms with E-state index < -0.39 is 12.1 Å². The lowest BCUT2D eigenvalue weighted by atomic mass is 10.1. The highest BCUT2D eigenvalue weighted by molar-refractivity contribution is 6.31. The largest absolute Gasteiger partial charge is 0.447 e. The molecule has 0 spiro atoms. The smallest absolute Gasteiger partial charge is 0.412 e. The van der Waals surface area contributed by atoms with Crippen LogP contribution in [0.5, 0.6) is 0 Å². The summed E-state index contributed by atoms with van der Waals surface area (Å²) < 4.78 is 5.20. The van der Waals surface area contributed by atoms with Crippen molar-refractivity contribution in [3.63, 3.8) is 0 Å². The molecule has 0 saturated heterocycles. The number of rotatable bonds is 8. The fraction of sp³-hybridized carbons (Fsp3) is 0.261. The van der Waals surface area contributed by atoms with Gasteiger partial charge in [0, 0.05) is 30.1 Å². The molecular formula is C23H24ClN3O4. The first kappa shape index (κ1) is 22.5. The van der Waals surface area contributed by atoms with Crippen molar-refractivity contribution in [2.24, 2.45) is 0 Å². The number of aromatic nitrogens is 1. The maximum absolute atomic E-state index is 12.5. The lowest BCUT2D eigenvalue weighted by Crippen LogP contribution is -2.43. The van der Waals surface area contributed by atoms with Crippen LogP contribution in [0.3, 0.4) is 0 Å². The molecule has 2 amide bonds. The van der Waals surface area contributed by atoms with Crippen molar-refractivity contribution in [1.82, 2.24) is 9.88 Å². The van der Waals surface area contributed by atoms with Crippen LogP contribution in [-0.2, 0) is 16.0 Å². The van der Waals surface area contributed by atoms with Gasteiger partial charge >= 0.3 is 6.09 Å². The SMILES string of the molecule is CN(C(=O)CCc1ccccc1Cl)[C@@H](CO)COC(=O)Nc1cc2ccccc2cn1. The van der Waals surface area contributed by atoms with E-state index in [4.69, 9.17) is 16.3 Å². The van der Waals surface area contributed by atoms with Gasteiger partial charge in [0.15, 0.2) is 0 Å². The molecule has 7 nitrogen and oxygen atoms in total. The summed E-state index contributed by atoms with van der Waals surface area (Å²) in [7, 11) is 1.57. The van der Waals surface area contributed by atoms with Gasteiger partial charge in [0.2, 0.25) is 5.91 Å². The first-order valence-electron chi connectivity index (χ1n) is 9.86. The monoisotopic (exact) mass is 441 g/mol. The van der Waals surface area contributed by atoms with Gasteiger partial charge in [-0.3, -0.25) is 10.1 Å². The molecule has 0 unspecified atom stereocenters. The van der Waals surface area contributed by atoms with Crippen LogP contribution in [0.15, 0.2) is 60.8 Å². The predicted molar refractivity (Wildman–Crippen MR) is 120 cm³/mol. The number of ether oxygens (including phenoxy) is 1. The van der Waals surface area contributed by atoms with Crippen molar-refractivity contribution in [1.29, 1.82) is 0 Å². The number of aryl methyl sites for hydroxylation is 1. The number of nitrogens with one attached hydrogen (secondary N) is 1. The van der Waals surface area contributed by atoms with Crippen molar-refractivity contribution in [3.05, 3.63) is 71.4 Å². The molecular weight excluding hydrogens is 418 g/mol. The van der Waals surface area contributed by atoms with E-state index in [1.165, 1.54) is 4.90 Å². The Morgan fingerprint density at radius 2 is 1.87 bits per heavy atom. The number of aliphatic hydroxyl groups is 1. The van der Waals surface area contributed by atoms with E-state index >= 15 is 0 Å². The maximum atomic E-state index is 12.5. The van der Waals surface area contributed by atoms with Gasteiger partial charge in [0.05, 0.1) is 12.6 Å². The first-order chi connectivity index (χ1) is 15.0. The molecule has 1 heterocycles. The second kappa shape index (κ2) is 10.7. The van der Waals surface area contributed by atoms with E-state index in [1.807, 2.05) is 42.5 Å². The topological polar surface area (TPSA) is 91.8 Å². The summed E-state index contributed by atoms with van der Waals surface area (Å²) in [5, 5.41) is 14.7. The van der Waals surface area contributed by atoms with Gasteiger partial charge in [-0.25, -0.2) is 9.78 Å². The average Bonchev–Trinajstić information content (AvgIpc) is 2.78. The Morgan fingerprint density at radius 3 is 2.61 bits per heavy atom. The molecule has 2 N–H and O–H groups in total. The standard InChI is InChI=1S/C23H24ClN3O4/c1-27(22(29)11-10-16-6-4-5-9-20(16)24)19(14-28)15-31-23(30)26-21-12-17-7-2-3-8-18(17)13-25-21/h2-9,12-13,19,28H,10-11,14-15H2,1H3,(H,25,26,30)/t19-/m0/s1. The van der Waals surface area contributed by atoms with Crippen molar-refractivity contribution >= 4 is 40.2 Å². The highest BCUT2D eigenvalue weighted by atomic mass is 35.5. The summed E-state index contributed by atoms with van der Waals surface area (Å²) in [6.07, 6.45) is 1.66. The molecule has 1 aromatic heterocycles. The van der Waals surface area contributed by atoms with Gasteiger partial charge in [-0.2, -0.15) is 0 Å². The maximum Gasteiger partial charge on any atom is 0.412 e. The van der Waals surface area contributed by atoms with Gasteiger partial charge in [-0.1, -0.05) is 54.1 Å². The van der Waals surface area contributed by atoms with Gasteiger partial charge in [-0.05, 0) is 29.5 Å². The van der Waals surface area contributed by atoms with Crippen molar-refractivity contribution in [2.75, 3.05) is 25.6 Å². The molecule has 0 fully saturated rings. The number of amides is 2. The van der Waals surface area contributed by atoms with E-state index in [9.17, 15) is 14.7 Å². The van der Waals surface area contributed by atoms with Crippen LogP contribution in [0.4, 0.5) is 10.6 Å². The first-order valence-corrected chi connectivity index (χ1v) is 10.2. The molecule has 3 aromatic rings. The summed E-state index contributed by atoms with van der Waals surface area (Å²) >= 11 is 6.13. The summed E-state index contributed by atoms with van der Waals surface area (Å²) in [6.45, 7) is -0.486. The number of aliphatic hydroxyl groups excluding tert-OH is 1. The molecule has 0 aliphatic heterocycles. The molecule has 31 heavy (non-hydrogen) atoms. The molecule has 162 valence electrons. The number of pyridine rings is 1. The Balaban J connectivity index is 1.50. The van der Waals surface area contributed by atoms with Crippen LogP contribution in [0.25, 0.3) is 10.8 Å². The molecule has 0 bridgehead atoms. The number of carbonyl (C=O) groups is 2. The second-order valence-corrected chi connectivity index (χ2v) is 7.48. The Kier molecular flexibility index (Phi) is 7.81. The van der Waals surface area contributed by atoms with Crippen molar-refractivity contribution in [3.8, 4) is 0 Å². The highest BCUT2D eigenvalue weighted by Gasteiger charge is 2.21. The Labute approximate surface area is 185 Å². The number of nitrogens with zero attached hydrogens (tertiary/aromatic N) is 2. The number of hydrogen-bond acceptors (Lipinski definition) is 5. The third kappa shape index (κ3) is 6.16. The Bertz CT molecular complexity index is 1060. The molecule has 0 aliphatic carbocycles. The minimum atomic E-state index is -0.710. The predicted octanol–water partition coefficient (Wildman–Crippen LogP) is 3.89. The lowest BCUT2D eigenvalue weighted by molar-refractivity contribution is -0.133. The van der Waals surface area contributed by atoms with Crippen LogP contribution >= 0.6 is 11.6 Å². The summed E-state index contributed by atoms with van der Waals surface area (Å²) in [6, 6.07) is 16.1. The molecule has 1 atom stereocenters. The van der Waals surface area contributed by atoms with Crippen LogP contribution in [0.1, 0.15) is 12.0 Å². The second-order valence-electron chi connectivity index (χ2n) is 7.07. The average molecular weight is 442 g/mol. The zero-order valence-corrected chi connectivity index (χ0v) is 17.9.